The van der Waals surface area contributed by atoms with Crippen LogP contribution in [0, 0.1) is 11.3 Å². The van der Waals surface area contributed by atoms with Crippen molar-refractivity contribution in [1.82, 2.24) is 8.61 Å². The van der Waals surface area contributed by atoms with E-state index in [1.54, 1.807) is 8.61 Å². The van der Waals surface area contributed by atoms with E-state index in [-0.39, 0.29) is 11.5 Å². The normalized spacial score (nSPS) is 27.9. The molecule has 6 heteroatoms. The van der Waals surface area contributed by atoms with Crippen molar-refractivity contribution in [3.63, 3.8) is 0 Å². The van der Waals surface area contributed by atoms with Gasteiger partial charge in [0, 0.05) is 31.6 Å². The molecule has 2 saturated heterocycles. The van der Waals surface area contributed by atoms with Crippen LogP contribution in [0.4, 0.5) is 0 Å². The highest BCUT2D eigenvalue weighted by Gasteiger charge is 2.39. The van der Waals surface area contributed by atoms with Crippen LogP contribution in [0.15, 0.2) is 0 Å². The molecule has 2 aliphatic rings. The average molecular weight is 337 g/mol. The van der Waals surface area contributed by atoms with Gasteiger partial charge in [-0.15, -0.1) is 11.6 Å². The number of hydrogen-bond donors (Lipinski definition) is 0. The number of rotatable bonds is 3. The fourth-order valence-corrected chi connectivity index (χ4v) is 5.82. The Morgan fingerprint density at radius 1 is 1.05 bits per heavy atom. The molecule has 0 aromatic heterocycles. The summed E-state index contributed by atoms with van der Waals surface area (Å²) in [5.41, 5.74) is 0.264. The quantitative estimate of drug-likeness (QED) is 0.743. The molecule has 4 nitrogen and oxygen atoms in total. The van der Waals surface area contributed by atoms with Gasteiger partial charge in [0.25, 0.3) is 10.2 Å². The lowest BCUT2D eigenvalue weighted by molar-refractivity contribution is 0.145. The van der Waals surface area contributed by atoms with Crippen molar-refractivity contribution in [2.45, 2.75) is 58.9 Å². The minimum absolute atomic E-state index is 0.0224. The van der Waals surface area contributed by atoms with Crippen molar-refractivity contribution in [3.05, 3.63) is 0 Å². The molecule has 2 heterocycles. The molecule has 2 aliphatic heterocycles. The van der Waals surface area contributed by atoms with Crippen LogP contribution in [0.1, 0.15) is 52.9 Å². The largest absolute Gasteiger partial charge is 0.282 e. The zero-order chi connectivity index (χ0) is 15.7. The standard InChI is InChI=1S/C15H29ClN2O2S/c1-15(2,3)13-7-10-17(11-8-13)21(19,20)18-9-5-4-6-14(18)12-16/h13-14H,4-12H2,1-3H3. The van der Waals surface area contributed by atoms with Gasteiger partial charge in [-0.25, -0.2) is 0 Å². The Bertz CT molecular complexity index is 439. The van der Waals surface area contributed by atoms with E-state index in [0.717, 1.165) is 32.1 Å². The summed E-state index contributed by atoms with van der Waals surface area (Å²) < 4.78 is 29.1. The number of piperidine rings is 2. The minimum atomic E-state index is -3.33. The van der Waals surface area contributed by atoms with E-state index >= 15 is 0 Å². The van der Waals surface area contributed by atoms with Crippen LogP contribution in [0.25, 0.3) is 0 Å². The van der Waals surface area contributed by atoms with E-state index in [1.165, 1.54) is 0 Å². The van der Waals surface area contributed by atoms with Crippen LogP contribution in [0.3, 0.4) is 0 Å². The Hall–Kier alpha value is 0.160. The summed E-state index contributed by atoms with van der Waals surface area (Å²) >= 11 is 5.98. The molecule has 0 N–H and O–H groups in total. The van der Waals surface area contributed by atoms with E-state index in [1.807, 2.05) is 0 Å². The van der Waals surface area contributed by atoms with Gasteiger partial charge in [-0.05, 0) is 37.0 Å². The highest BCUT2D eigenvalue weighted by atomic mass is 35.5. The van der Waals surface area contributed by atoms with Crippen molar-refractivity contribution in [3.8, 4) is 0 Å². The third-order valence-electron chi connectivity index (χ3n) is 5.05. The molecule has 0 aromatic rings. The first-order valence-corrected chi connectivity index (χ1v) is 10.0. The van der Waals surface area contributed by atoms with Gasteiger partial charge in [0.2, 0.25) is 0 Å². The Kier molecular flexibility index (Phi) is 5.61. The molecule has 0 amide bonds. The number of halogens is 1. The lowest BCUT2D eigenvalue weighted by atomic mass is 9.76. The maximum atomic E-state index is 12.9. The monoisotopic (exact) mass is 336 g/mol. The molecule has 0 spiro atoms. The van der Waals surface area contributed by atoms with Crippen molar-refractivity contribution in [1.29, 1.82) is 0 Å². The summed E-state index contributed by atoms with van der Waals surface area (Å²) in [7, 11) is -3.33. The van der Waals surface area contributed by atoms with E-state index in [0.29, 0.717) is 31.4 Å². The Balaban J connectivity index is 2.04. The van der Waals surface area contributed by atoms with Crippen LogP contribution in [0.2, 0.25) is 0 Å². The Morgan fingerprint density at radius 2 is 1.67 bits per heavy atom. The molecule has 2 fully saturated rings. The van der Waals surface area contributed by atoms with Crippen molar-refractivity contribution >= 4 is 21.8 Å². The molecular weight excluding hydrogens is 308 g/mol. The molecule has 1 unspecified atom stereocenters. The maximum Gasteiger partial charge on any atom is 0.282 e. The second-order valence-electron chi connectivity index (χ2n) is 7.46. The Morgan fingerprint density at radius 3 is 2.19 bits per heavy atom. The van der Waals surface area contributed by atoms with Gasteiger partial charge in [-0.2, -0.15) is 17.0 Å². The number of nitrogens with zero attached hydrogens (tertiary/aromatic N) is 2. The van der Waals surface area contributed by atoms with Gasteiger partial charge in [0.15, 0.2) is 0 Å². The number of hydrogen-bond acceptors (Lipinski definition) is 2. The van der Waals surface area contributed by atoms with Crippen molar-refractivity contribution < 1.29 is 8.42 Å². The summed E-state index contributed by atoms with van der Waals surface area (Å²) in [6.07, 6.45) is 4.84. The lowest BCUT2D eigenvalue weighted by Crippen LogP contribution is -2.53. The predicted octanol–water partition coefficient (Wildman–Crippen LogP) is 3.08. The smallest absolute Gasteiger partial charge is 0.195 e. The van der Waals surface area contributed by atoms with E-state index in [4.69, 9.17) is 11.6 Å². The molecule has 2 rings (SSSR count). The maximum absolute atomic E-state index is 12.9. The van der Waals surface area contributed by atoms with Gasteiger partial charge >= 0.3 is 0 Å². The van der Waals surface area contributed by atoms with Crippen LogP contribution in [-0.4, -0.2) is 48.6 Å². The van der Waals surface area contributed by atoms with E-state index < -0.39 is 10.2 Å². The van der Waals surface area contributed by atoms with Crippen LogP contribution in [-0.2, 0) is 10.2 Å². The first-order chi connectivity index (χ1) is 9.76. The van der Waals surface area contributed by atoms with Crippen LogP contribution >= 0.6 is 11.6 Å². The van der Waals surface area contributed by atoms with E-state index in [2.05, 4.69) is 20.8 Å². The third kappa shape index (κ3) is 3.92. The van der Waals surface area contributed by atoms with Gasteiger partial charge in [0.05, 0.1) is 0 Å². The fraction of sp³-hybridized carbons (Fsp3) is 1.00. The van der Waals surface area contributed by atoms with Crippen molar-refractivity contribution in [2.24, 2.45) is 11.3 Å². The average Bonchev–Trinajstić information content (AvgIpc) is 2.46. The Labute approximate surface area is 135 Å². The van der Waals surface area contributed by atoms with Crippen molar-refractivity contribution in [2.75, 3.05) is 25.5 Å². The summed E-state index contributed by atoms with van der Waals surface area (Å²) in [6, 6.07) is -0.0224. The molecule has 0 radical (unpaired) electrons. The molecule has 0 aromatic carbocycles. The summed E-state index contributed by atoms with van der Waals surface area (Å²) in [5.74, 6) is 1.01. The van der Waals surface area contributed by atoms with Gasteiger partial charge in [-0.1, -0.05) is 27.2 Å². The predicted molar refractivity (Wildman–Crippen MR) is 87.7 cm³/mol. The first kappa shape index (κ1) is 17.5. The third-order valence-corrected chi connectivity index (χ3v) is 7.50. The molecule has 0 saturated carbocycles. The second-order valence-corrected chi connectivity index (χ2v) is 9.65. The minimum Gasteiger partial charge on any atom is -0.195 e. The molecule has 21 heavy (non-hydrogen) atoms. The zero-order valence-corrected chi connectivity index (χ0v) is 15.1. The van der Waals surface area contributed by atoms with Gasteiger partial charge in [-0.3, -0.25) is 0 Å². The lowest BCUT2D eigenvalue weighted by Gasteiger charge is -2.42. The topological polar surface area (TPSA) is 40.6 Å². The molecule has 0 bridgehead atoms. The molecule has 0 aliphatic carbocycles. The molecule has 124 valence electrons. The van der Waals surface area contributed by atoms with Crippen LogP contribution in [0.5, 0.6) is 0 Å². The summed E-state index contributed by atoms with van der Waals surface area (Å²) in [6.45, 7) is 8.66. The summed E-state index contributed by atoms with van der Waals surface area (Å²) in [4.78, 5) is 0. The van der Waals surface area contributed by atoms with Gasteiger partial charge < -0.3 is 0 Å². The number of alkyl halides is 1. The second kappa shape index (κ2) is 6.73. The zero-order valence-electron chi connectivity index (χ0n) is 13.5. The molecule has 1 atom stereocenters. The fourth-order valence-electron chi connectivity index (χ4n) is 3.53. The van der Waals surface area contributed by atoms with Gasteiger partial charge in [0.1, 0.15) is 0 Å². The summed E-state index contributed by atoms with van der Waals surface area (Å²) in [5, 5.41) is 0. The van der Waals surface area contributed by atoms with Crippen LogP contribution < -0.4 is 0 Å². The first-order valence-electron chi connectivity index (χ1n) is 8.09. The van der Waals surface area contributed by atoms with E-state index in [9.17, 15) is 8.42 Å². The highest BCUT2D eigenvalue weighted by molar-refractivity contribution is 7.86. The SMILES string of the molecule is CC(C)(C)C1CCN(S(=O)(=O)N2CCCCC2CCl)CC1. The highest BCUT2D eigenvalue weighted by Crippen LogP contribution is 2.35. The molecular formula is C15H29ClN2O2S.